The van der Waals surface area contributed by atoms with Gasteiger partial charge in [-0.1, -0.05) is 35.9 Å². The van der Waals surface area contributed by atoms with E-state index in [2.05, 4.69) is 0 Å². The van der Waals surface area contributed by atoms with Gasteiger partial charge in [-0.2, -0.15) is 0 Å². The summed E-state index contributed by atoms with van der Waals surface area (Å²) in [6.07, 6.45) is 0. The molecule has 20 heavy (non-hydrogen) atoms. The number of rotatable bonds is 4. The van der Waals surface area contributed by atoms with Gasteiger partial charge in [-0.25, -0.2) is 4.79 Å². The average Bonchev–Trinajstić information content (AvgIpc) is 2.47. The first kappa shape index (κ1) is 14.8. The molecule has 0 aromatic heterocycles. The molecule has 0 saturated carbocycles. The van der Waals surface area contributed by atoms with Crippen LogP contribution in [0.15, 0.2) is 47.4 Å². The maximum absolute atomic E-state index is 11.6. The zero-order chi connectivity index (χ0) is 14.5. The predicted molar refractivity (Wildman–Crippen MR) is 83.2 cm³/mol. The Morgan fingerprint density at radius 2 is 2.00 bits per heavy atom. The molecule has 104 valence electrons. The summed E-state index contributed by atoms with van der Waals surface area (Å²) in [7, 11) is 1.34. The molecule has 0 spiro atoms. The van der Waals surface area contributed by atoms with Crippen LogP contribution < -0.4 is 5.73 Å². The van der Waals surface area contributed by atoms with Crippen LogP contribution in [0.5, 0.6) is 0 Å². The van der Waals surface area contributed by atoms with Crippen LogP contribution in [0.3, 0.4) is 0 Å². The Hall–Kier alpha value is -1.65. The molecule has 2 aromatic rings. The first-order chi connectivity index (χ1) is 9.63. The van der Waals surface area contributed by atoms with Gasteiger partial charge < -0.3 is 10.5 Å². The van der Waals surface area contributed by atoms with E-state index in [0.717, 1.165) is 15.5 Å². The number of ether oxygens (including phenoxy) is 1. The second kappa shape index (κ2) is 6.68. The van der Waals surface area contributed by atoms with Crippen molar-refractivity contribution < 1.29 is 9.53 Å². The Morgan fingerprint density at radius 1 is 1.25 bits per heavy atom. The largest absolute Gasteiger partial charge is 0.465 e. The fraction of sp³-hybridized carbons (Fsp3) is 0.133. The molecule has 0 aliphatic rings. The second-order valence-electron chi connectivity index (χ2n) is 4.09. The van der Waals surface area contributed by atoms with E-state index in [1.807, 2.05) is 30.3 Å². The van der Waals surface area contributed by atoms with E-state index in [9.17, 15) is 4.79 Å². The number of nitrogens with two attached hydrogens (primary N) is 1. The lowest BCUT2D eigenvalue weighted by atomic mass is 10.2. The smallest absolute Gasteiger partial charge is 0.339 e. The van der Waals surface area contributed by atoms with Crippen molar-refractivity contribution >= 4 is 35.0 Å². The van der Waals surface area contributed by atoms with Crippen molar-refractivity contribution in [2.75, 3.05) is 12.8 Å². The van der Waals surface area contributed by atoms with Gasteiger partial charge in [0.05, 0.1) is 18.4 Å². The molecule has 0 unspecified atom stereocenters. The Morgan fingerprint density at radius 3 is 2.70 bits per heavy atom. The lowest BCUT2D eigenvalue weighted by Crippen LogP contribution is -2.06. The maximum Gasteiger partial charge on any atom is 0.339 e. The molecule has 2 N–H and O–H groups in total. The highest BCUT2D eigenvalue weighted by atomic mass is 35.5. The molecule has 0 atom stereocenters. The lowest BCUT2D eigenvalue weighted by molar-refractivity contribution is 0.0601. The number of carbonyl (C=O) groups is 1. The molecule has 0 heterocycles. The Labute approximate surface area is 127 Å². The van der Waals surface area contributed by atoms with Crippen molar-refractivity contribution in [1.82, 2.24) is 0 Å². The number of thioether (sulfide) groups is 1. The fourth-order valence-electron chi connectivity index (χ4n) is 1.73. The molecule has 0 aliphatic carbocycles. The minimum Gasteiger partial charge on any atom is -0.465 e. The summed E-state index contributed by atoms with van der Waals surface area (Å²) in [6.45, 7) is 0. The molecular formula is C15H14ClNO2S. The fourth-order valence-corrected chi connectivity index (χ4v) is 3.01. The van der Waals surface area contributed by atoms with Gasteiger partial charge in [-0.3, -0.25) is 0 Å². The van der Waals surface area contributed by atoms with Crippen LogP contribution in [0.4, 0.5) is 5.69 Å². The van der Waals surface area contributed by atoms with Gasteiger partial charge in [-0.15, -0.1) is 11.8 Å². The second-order valence-corrected chi connectivity index (χ2v) is 5.51. The number of anilines is 1. The van der Waals surface area contributed by atoms with Gasteiger partial charge in [-0.05, 0) is 23.8 Å². The molecule has 0 aliphatic heterocycles. The summed E-state index contributed by atoms with van der Waals surface area (Å²) in [5.41, 5.74) is 7.86. The number of para-hydroxylation sites is 1. The molecule has 0 fully saturated rings. The summed E-state index contributed by atoms with van der Waals surface area (Å²) in [6, 6.07) is 13.0. The van der Waals surface area contributed by atoms with Crippen molar-refractivity contribution in [2.45, 2.75) is 10.6 Å². The van der Waals surface area contributed by atoms with Crippen LogP contribution >= 0.6 is 23.4 Å². The van der Waals surface area contributed by atoms with Crippen molar-refractivity contribution in [3.8, 4) is 0 Å². The van der Waals surface area contributed by atoms with Crippen LogP contribution in [-0.4, -0.2) is 13.1 Å². The minimum absolute atomic E-state index is 0.386. The minimum atomic E-state index is -0.428. The van der Waals surface area contributed by atoms with Crippen LogP contribution in [0.2, 0.25) is 5.02 Å². The maximum atomic E-state index is 11.6. The first-order valence-corrected chi connectivity index (χ1v) is 7.33. The Kier molecular flexibility index (Phi) is 4.93. The number of hydrogen-bond acceptors (Lipinski definition) is 4. The van der Waals surface area contributed by atoms with Crippen LogP contribution in [0.1, 0.15) is 15.9 Å². The number of methoxy groups -OCH3 is 1. The van der Waals surface area contributed by atoms with Crippen molar-refractivity contribution in [3.05, 3.63) is 58.6 Å². The third-order valence-corrected chi connectivity index (χ3v) is 4.30. The SMILES string of the molecule is COC(=O)c1cccc(SCc2ccccc2Cl)c1N. The number of esters is 1. The summed E-state index contributed by atoms with van der Waals surface area (Å²) in [5, 5.41) is 0.725. The normalized spacial score (nSPS) is 10.3. The third-order valence-electron chi connectivity index (χ3n) is 2.81. The van der Waals surface area contributed by atoms with E-state index in [1.54, 1.807) is 12.1 Å². The van der Waals surface area contributed by atoms with E-state index in [0.29, 0.717) is 17.0 Å². The Balaban J connectivity index is 2.18. The summed E-state index contributed by atoms with van der Waals surface area (Å²) in [5.74, 6) is 0.261. The molecule has 0 bridgehead atoms. The van der Waals surface area contributed by atoms with Crippen LogP contribution in [0.25, 0.3) is 0 Å². The summed E-state index contributed by atoms with van der Waals surface area (Å²) in [4.78, 5) is 12.4. The molecule has 3 nitrogen and oxygen atoms in total. The summed E-state index contributed by atoms with van der Waals surface area (Å²) < 4.78 is 4.70. The molecule has 0 radical (unpaired) electrons. The van der Waals surface area contributed by atoms with Gasteiger partial charge in [0, 0.05) is 15.7 Å². The van der Waals surface area contributed by atoms with E-state index in [-0.39, 0.29) is 0 Å². The average molecular weight is 308 g/mol. The van der Waals surface area contributed by atoms with E-state index >= 15 is 0 Å². The summed E-state index contributed by atoms with van der Waals surface area (Å²) >= 11 is 7.65. The van der Waals surface area contributed by atoms with Crippen molar-refractivity contribution in [1.29, 1.82) is 0 Å². The topological polar surface area (TPSA) is 52.3 Å². The zero-order valence-electron chi connectivity index (χ0n) is 10.9. The highest BCUT2D eigenvalue weighted by Crippen LogP contribution is 2.32. The van der Waals surface area contributed by atoms with Gasteiger partial charge in [0.2, 0.25) is 0 Å². The standard InChI is InChI=1S/C15H14ClNO2S/c1-19-15(18)11-6-4-8-13(14(11)17)20-9-10-5-2-3-7-12(10)16/h2-8H,9,17H2,1H3. The van der Waals surface area contributed by atoms with Crippen molar-refractivity contribution in [3.63, 3.8) is 0 Å². The van der Waals surface area contributed by atoms with Crippen LogP contribution in [-0.2, 0) is 10.5 Å². The molecule has 0 saturated heterocycles. The van der Waals surface area contributed by atoms with Gasteiger partial charge in [0.1, 0.15) is 0 Å². The number of hydrogen-bond donors (Lipinski definition) is 1. The Bertz CT molecular complexity index is 631. The quantitative estimate of drug-likeness (QED) is 0.527. The molecule has 2 aromatic carbocycles. The predicted octanol–water partition coefficient (Wildman–Crippen LogP) is 4.00. The van der Waals surface area contributed by atoms with Gasteiger partial charge >= 0.3 is 5.97 Å². The molecule has 2 rings (SSSR count). The third kappa shape index (κ3) is 3.26. The van der Waals surface area contributed by atoms with E-state index < -0.39 is 5.97 Å². The monoisotopic (exact) mass is 307 g/mol. The number of halogens is 1. The van der Waals surface area contributed by atoms with Gasteiger partial charge in [0.25, 0.3) is 0 Å². The highest BCUT2D eigenvalue weighted by molar-refractivity contribution is 7.98. The van der Waals surface area contributed by atoms with E-state index in [1.165, 1.54) is 18.9 Å². The number of benzene rings is 2. The van der Waals surface area contributed by atoms with Gasteiger partial charge in [0.15, 0.2) is 0 Å². The molecular weight excluding hydrogens is 294 g/mol. The zero-order valence-corrected chi connectivity index (χ0v) is 12.5. The first-order valence-electron chi connectivity index (χ1n) is 5.96. The molecule has 0 amide bonds. The molecule has 5 heteroatoms. The van der Waals surface area contributed by atoms with E-state index in [4.69, 9.17) is 22.1 Å². The van der Waals surface area contributed by atoms with Crippen molar-refractivity contribution in [2.24, 2.45) is 0 Å². The van der Waals surface area contributed by atoms with Crippen LogP contribution in [0, 0.1) is 0 Å². The number of carbonyl (C=O) groups excluding carboxylic acids is 1. The number of nitrogen functional groups attached to an aromatic ring is 1. The lowest BCUT2D eigenvalue weighted by Gasteiger charge is -2.10. The highest BCUT2D eigenvalue weighted by Gasteiger charge is 2.13.